The molecule has 2 aromatic rings. The van der Waals surface area contributed by atoms with Crippen molar-refractivity contribution in [2.45, 2.75) is 19.5 Å². The minimum atomic E-state index is 0.219. The Kier molecular flexibility index (Phi) is 3.77. The van der Waals surface area contributed by atoms with Crippen molar-refractivity contribution in [2.24, 2.45) is 0 Å². The average Bonchev–Trinajstić information content (AvgIpc) is 2.89. The molecule has 0 aliphatic heterocycles. The van der Waals surface area contributed by atoms with Crippen LogP contribution < -0.4 is 10.1 Å². The number of nitrogens with zero attached hydrogens (tertiary/aromatic N) is 1. The minimum Gasteiger partial charge on any atom is -0.496 e. The van der Waals surface area contributed by atoms with Gasteiger partial charge >= 0.3 is 0 Å². The number of H-pyrrole nitrogens is 1. The molecule has 0 fully saturated rings. The third-order valence-corrected chi connectivity index (χ3v) is 2.74. The maximum absolute atomic E-state index is 5.34. The number of aromatic nitrogens is 2. The number of imidazole rings is 1. The fourth-order valence-corrected chi connectivity index (χ4v) is 1.78. The van der Waals surface area contributed by atoms with Crippen molar-refractivity contribution in [3.63, 3.8) is 0 Å². The highest BCUT2D eigenvalue weighted by Gasteiger charge is 2.10. The van der Waals surface area contributed by atoms with E-state index in [9.17, 15) is 0 Å². The maximum Gasteiger partial charge on any atom is 0.123 e. The minimum absolute atomic E-state index is 0.219. The molecule has 0 bridgehead atoms. The molecule has 0 saturated carbocycles. The molecule has 0 amide bonds. The lowest BCUT2D eigenvalue weighted by molar-refractivity contribution is 0.401. The van der Waals surface area contributed by atoms with Crippen LogP contribution in [0.1, 0.15) is 24.4 Å². The van der Waals surface area contributed by atoms with E-state index >= 15 is 0 Å². The normalized spacial score (nSPS) is 12.4. The average molecular weight is 231 g/mol. The summed E-state index contributed by atoms with van der Waals surface area (Å²) in [7, 11) is 1.69. The molecule has 2 rings (SSSR count). The second kappa shape index (κ2) is 5.50. The summed E-state index contributed by atoms with van der Waals surface area (Å²) < 4.78 is 5.34. The van der Waals surface area contributed by atoms with Gasteiger partial charge < -0.3 is 15.0 Å². The van der Waals surface area contributed by atoms with Crippen LogP contribution in [-0.4, -0.2) is 17.1 Å². The summed E-state index contributed by atoms with van der Waals surface area (Å²) in [4.78, 5) is 7.24. The number of nitrogens with one attached hydrogen (secondary N) is 2. The number of rotatable bonds is 5. The summed E-state index contributed by atoms with van der Waals surface area (Å²) in [5, 5.41) is 3.40. The van der Waals surface area contributed by atoms with Crippen molar-refractivity contribution in [2.75, 3.05) is 7.11 Å². The van der Waals surface area contributed by atoms with Gasteiger partial charge in [-0.25, -0.2) is 4.98 Å². The van der Waals surface area contributed by atoms with Crippen LogP contribution in [0.25, 0.3) is 0 Å². The first-order valence-electron chi connectivity index (χ1n) is 5.66. The predicted molar refractivity (Wildman–Crippen MR) is 66.8 cm³/mol. The number of ether oxygens (including phenoxy) is 1. The summed E-state index contributed by atoms with van der Waals surface area (Å²) in [5.74, 6) is 1.85. The molecule has 1 heterocycles. The van der Waals surface area contributed by atoms with Crippen molar-refractivity contribution in [3.05, 3.63) is 48.0 Å². The number of aromatic amines is 1. The Bertz CT molecular complexity index is 453. The highest BCUT2D eigenvalue weighted by molar-refractivity contribution is 5.35. The monoisotopic (exact) mass is 231 g/mol. The second-order valence-electron chi connectivity index (χ2n) is 3.88. The van der Waals surface area contributed by atoms with E-state index in [1.54, 1.807) is 13.3 Å². The molecule has 0 saturated heterocycles. The Balaban J connectivity index is 2.01. The molecule has 4 nitrogen and oxygen atoms in total. The number of benzene rings is 1. The summed E-state index contributed by atoms with van der Waals surface area (Å²) in [6, 6.07) is 8.25. The quantitative estimate of drug-likeness (QED) is 0.830. The number of methoxy groups -OCH3 is 1. The molecule has 0 aliphatic carbocycles. The van der Waals surface area contributed by atoms with Gasteiger partial charge in [-0.2, -0.15) is 0 Å². The summed E-state index contributed by atoms with van der Waals surface area (Å²) in [6.45, 7) is 2.83. The molecule has 90 valence electrons. The third kappa shape index (κ3) is 2.85. The van der Waals surface area contributed by atoms with Crippen LogP contribution in [0.2, 0.25) is 0 Å². The van der Waals surface area contributed by atoms with Crippen LogP contribution in [0.3, 0.4) is 0 Å². The van der Waals surface area contributed by atoms with Gasteiger partial charge in [-0.15, -0.1) is 0 Å². The van der Waals surface area contributed by atoms with Crippen molar-refractivity contribution >= 4 is 0 Å². The van der Waals surface area contributed by atoms with Gasteiger partial charge in [-0.05, 0) is 13.0 Å². The van der Waals surface area contributed by atoms with E-state index in [0.717, 1.165) is 17.1 Å². The molecule has 4 heteroatoms. The Morgan fingerprint density at radius 1 is 1.41 bits per heavy atom. The summed E-state index contributed by atoms with van der Waals surface area (Å²) in [5.41, 5.74) is 1.15. The van der Waals surface area contributed by atoms with E-state index in [1.165, 1.54) is 0 Å². The zero-order chi connectivity index (χ0) is 12.1. The van der Waals surface area contributed by atoms with Crippen molar-refractivity contribution in [1.29, 1.82) is 0 Å². The van der Waals surface area contributed by atoms with Gasteiger partial charge in [0.05, 0.1) is 13.7 Å². The smallest absolute Gasteiger partial charge is 0.123 e. The lowest BCUT2D eigenvalue weighted by atomic mass is 10.1. The van der Waals surface area contributed by atoms with Crippen LogP contribution in [0, 0.1) is 0 Å². The van der Waals surface area contributed by atoms with Gasteiger partial charge in [0.15, 0.2) is 0 Å². The molecular formula is C13H17N3O. The van der Waals surface area contributed by atoms with Gasteiger partial charge in [0.1, 0.15) is 11.6 Å². The molecule has 1 aromatic heterocycles. The summed E-state index contributed by atoms with van der Waals surface area (Å²) >= 11 is 0. The SMILES string of the molecule is COc1ccccc1C(C)NCc1ncc[nH]1. The number of para-hydroxylation sites is 1. The van der Waals surface area contributed by atoms with Crippen molar-refractivity contribution < 1.29 is 4.74 Å². The topological polar surface area (TPSA) is 49.9 Å². The molecule has 2 N–H and O–H groups in total. The van der Waals surface area contributed by atoms with Crippen LogP contribution in [0.4, 0.5) is 0 Å². The van der Waals surface area contributed by atoms with E-state index in [1.807, 2.05) is 24.4 Å². The zero-order valence-corrected chi connectivity index (χ0v) is 10.1. The Hall–Kier alpha value is -1.81. The Morgan fingerprint density at radius 2 is 2.24 bits per heavy atom. The summed E-state index contributed by atoms with van der Waals surface area (Å²) in [6.07, 6.45) is 3.58. The van der Waals surface area contributed by atoms with E-state index < -0.39 is 0 Å². The highest BCUT2D eigenvalue weighted by Crippen LogP contribution is 2.24. The molecule has 1 unspecified atom stereocenters. The number of hydrogen-bond donors (Lipinski definition) is 2. The third-order valence-electron chi connectivity index (χ3n) is 2.74. The largest absolute Gasteiger partial charge is 0.496 e. The van der Waals surface area contributed by atoms with E-state index in [2.05, 4.69) is 28.3 Å². The van der Waals surface area contributed by atoms with Gasteiger partial charge in [0, 0.05) is 24.0 Å². The first-order valence-corrected chi connectivity index (χ1v) is 5.66. The Morgan fingerprint density at radius 3 is 2.94 bits per heavy atom. The standard InChI is InChI=1S/C13H17N3O/c1-10(16-9-13-14-7-8-15-13)11-5-3-4-6-12(11)17-2/h3-8,10,16H,9H2,1-2H3,(H,14,15). The lowest BCUT2D eigenvalue weighted by Gasteiger charge is -2.16. The first-order chi connectivity index (χ1) is 8.31. The molecule has 0 aliphatic rings. The van der Waals surface area contributed by atoms with Gasteiger partial charge in [0.25, 0.3) is 0 Å². The molecule has 0 radical (unpaired) electrons. The highest BCUT2D eigenvalue weighted by atomic mass is 16.5. The number of hydrogen-bond acceptors (Lipinski definition) is 3. The fourth-order valence-electron chi connectivity index (χ4n) is 1.78. The molecule has 1 aromatic carbocycles. The van der Waals surface area contributed by atoms with Gasteiger partial charge in [-0.3, -0.25) is 0 Å². The molecule has 17 heavy (non-hydrogen) atoms. The fraction of sp³-hybridized carbons (Fsp3) is 0.308. The predicted octanol–water partition coefficient (Wildman–Crippen LogP) is 2.27. The first kappa shape index (κ1) is 11.7. The van der Waals surface area contributed by atoms with Crippen LogP contribution in [0.5, 0.6) is 5.75 Å². The van der Waals surface area contributed by atoms with Gasteiger partial charge in [-0.1, -0.05) is 18.2 Å². The molecule has 0 spiro atoms. The lowest BCUT2D eigenvalue weighted by Crippen LogP contribution is -2.19. The van der Waals surface area contributed by atoms with Crippen LogP contribution >= 0.6 is 0 Å². The van der Waals surface area contributed by atoms with Crippen molar-refractivity contribution in [1.82, 2.24) is 15.3 Å². The Labute approximate surface area is 101 Å². The molecular weight excluding hydrogens is 214 g/mol. The van der Waals surface area contributed by atoms with E-state index in [0.29, 0.717) is 6.54 Å². The molecule has 1 atom stereocenters. The van der Waals surface area contributed by atoms with E-state index in [-0.39, 0.29) is 6.04 Å². The van der Waals surface area contributed by atoms with Crippen LogP contribution in [0.15, 0.2) is 36.7 Å². The second-order valence-corrected chi connectivity index (χ2v) is 3.88. The van der Waals surface area contributed by atoms with Crippen LogP contribution in [-0.2, 0) is 6.54 Å². The maximum atomic E-state index is 5.34. The van der Waals surface area contributed by atoms with E-state index in [4.69, 9.17) is 4.74 Å². The van der Waals surface area contributed by atoms with Crippen molar-refractivity contribution in [3.8, 4) is 5.75 Å². The zero-order valence-electron chi connectivity index (χ0n) is 10.1. The van der Waals surface area contributed by atoms with Gasteiger partial charge in [0.2, 0.25) is 0 Å².